The molecule has 2 aromatic heterocycles. The zero-order chi connectivity index (χ0) is 17.1. The number of aromatic nitrogens is 1. The Morgan fingerprint density at radius 1 is 1.21 bits per heavy atom. The van der Waals surface area contributed by atoms with Gasteiger partial charge in [0.25, 0.3) is 5.91 Å². The molecule has 0 aliphatic heterocycles. The SMILES string of the molecule is Cc1csc(Oc2cccc(NC(=O)c3ccc(C)nc3N)c2)c1. The number of anilines is 2. The second kappa shape index (κ2) is 6.72. The van der Waals surface area contributed by atoms with E-state index in [4.69, 9.17) is 10.5 Å². The van der Waals surface area contributed by atoms with Crippen molar-refractivity contribution in [1.82, 2.24) is 4.98 Å². The van der Waals surface area contributed by atoms with E-state index in [2.05, 4.69) is 10.3 Å². The van der Waals surface area contributed by atoms with Gasteiger partial charge in [-0.15, -0.1) is 11.3 Å². The Morgan fingerprint density at radius 2 is 2.04 bits per heavy atom. The van der Waals surface area contributed by atoms with Gasteiger partial charge in [-0.05, 0) is 55.1 Å². The van der Waals surface area contributed by atoms with Crippen molar-refractivity contribution in [2.45, 2.75) is 13.8 Å². The maximum absolute atomic E-state index is 12.3. The molecule has 0 aliphatic rings. The number of hydrogen-bond donors (Lipinski definition) is 2. The molecule has 1 aromatic carbocycles. The second-order valence-electron chi connectivity index (χ2n) is 5.41. The molecule has 1 amide bonds. The molecule has 0 aliphatic carbocycles. The van der Waals surface area contributed by atoms with E-state index in [1.807, 2.05) is 37.4 Å². The van der Waals surface area contributed by atoms with E-state index >= 15 is 0 Å². The first-order valence-electron chi connectivity index (χ1n) is 7.39. The highest BCUT2D eigenvalue weighted by Crippen LogP contribution is 2.29. The van der Waals surface area contributed by atoms with Crippen LogP contribution in [0, 0.1) is 13.8 Å². The molecule has 24 heavy (non-hydrogen) atoms. The number of ether oxygens (including phenoxy) is 1. The summed E-state index contributed by atoms with van der Waals surface area (Å²) in [6.07, 6.45) is 0. The summed E-state index contributed by atoms with van der Waals surface area (Å²) in [6, 6.07) is 12.6. The number of thiophene rings is 1. The number of nitrogen functional groups attached to an aromatic ring is 1. The third-order valence-electron chi connectivity index (χ3n) is 3.33. The molecule has 0 saturated heterocycles. The minimum Gasteiger partial charge on any atom is -0.447 e. The van der Waals surface area contributed by atoms with Crippen molar-refractivity contribution in [3.8, 4) is 10.8 Å². The summed E-state index contributed by atoms with van der Waals surface area (Å²) in [7, 11) is 0. The molecule has 0 atom stereocenters. The van der Waals surface area contributed by atoms with Crippen molar-refractivity contribution >= 4 is 28.7 Å². The molecule has 3 aromatic rings. The number of carbonyl (C=O) groups is 1. The van der Waals surface area contributed by atoms with E-state index in [0.717, 1.165) is 16.3 Å². The van der Waals surface area contributed by atoms with Gasteiger partial charge in [0.1, 0.15) is 11.6 Å². The summed E-state index contributed by atoms with van der Waals surface area (Å²) in [5.74, 6) is 0.572. The Kier molecular flexibility index (Phi) is 4.48. The maximum Gasteiger partial charge on any atom is 0.259 e. The molecule has 0 unspecified atom stereocenters. The quantitative estimate of drug-likeness (QED) is 0.739. The first-order chi connectivity index (χ1) is 11.5. The maximum atomic E-state index is 12.3. The summed E-state index contributed by atoms with van der Waals surface area (Å²) < 4.78 is 5.80. The molecular formula is C18H17N3O2S. The number of nitrogens with two attached hydrogens (primary N) is 1. The molecule has 0 spiro atoms. The van der Waals surface area contributed by atoms with Gasteiger partial charge in [0.05, 0.1) is 5.56 Å². The molecule has 6 heteroatoms. The van der Waals surface area contributed by atoms with E-state index in [1.54, 1.807) is 24.3 Å². The fraction of sp³-hybridized carbons (Fsp3) is 0.111. The number of pyridine rings is 1. The topological polar surface area (TPSA) is 77.2 Å². The van der Waals surface area contributed by atoms with Crippen molar-refractivity contribution < 1.29 is 9.53 Å². The van der Waals surface area contributed by atoms with Gasteiger partial charge in [-0.3, -0.25) is 4.79 Å². The van der Waals surface area contributed by atoms with Crippen molar-refractivity contribution in [2.24, 2.45) is 0 Å². The molecule has 5 nitrogen and oxygen atoms in total. The summed E-state index contributed by atoms with van der Waals surface area (Å²) in [4.78, 5) is 16.5. The van der Waals surface area contributed by atoms with Crippen LogP contribution >= 0.6 is 11.3 Å². The summed E-state index contributed by atoms with van der Waals surface area (Å²) in [6.45, 7) is 3.84. The standard InChI is InChI=1S/C18H17N3O2S/c1-11-8-16(24-10-11)23-14-5-3-4-13(9-14)21-18(22)15-7-6-12(2)20-17(15)19/h3-10H,1-2H3,(H2,19,20)(H,21,22). The molecule has 2 heterocycles. The lowest BCUT2D eigenvalue weighted by Gasteiger charge is -2.09. The van der Waals surface area contributed by atoms with Crippen molar-refractivity contribution in [3.05, 3.63) is 64.7 Å². The van der Waals surface area contributed by atoms with E-state index in [9.17, 15) is 4.79 Å². The Bertz CT molecular complexity index is 889. The van der Waals surface area contributed by atoms with Crippen LogP contribution in [0.1, 0.15) is 21.6 Å². The van der Waals surface area contributed by atoms with Crippen molar-refractivity contribution in [3.63, 3.8) is 0 Å². The van der Waals surface area contributed by atoms with Gasteiger partial charge in [-0.2, -0.15) is 0 Å². The average Bonchev–Trinajstić information content (AvgIpc) is 2.92. The smallest absolute Gasteiger partial charge is 0.259 e. The third-order valence-corrected chi connectivity index (χ3v) is 4.25. The van der Waals surface area contributed by atoms with Crippen LogP contribution in [0.25, 0.3) is 0 Å². The molecule has 0 fully saturated rings. The zero-order valence-corrected chi connectivity index (χ0v) is 14.2. The predicted octanol–water partition coefficient (Wildman–Crippen LogP) is 4.39. The summed E-state index contributed by atoms with van der Waals surface area (Å²) >= 11 is 1.53. The second-order valence-corrected chi connectivity index (χ2v) is 6.29. The van der Waals surface area contributed by atoms with Crippen LogP contribution in [0.15, 0.2) is 47.8 Å². The third kappa shape index (κ3) is 3.72. The number of nitrogens with one attached hydrogen (secondary N) is 1. The lowest BCUT2D eigenvalue weighted by atomic mass is 10.2. The molecule has 122 valence electrons. The van der Waals surface area contributed by atoms with Gasteiger partial charge in [-0.1, -0.05) is 6.07 Å². The molecule has 0 bridgehead atoms. The lowest BCUT2D eigenvalue weighted by molar-refractivity contribution is 0.102. The Hall–Kier alpha value is -2.86. The van der Waals surface area contributed by atoms with Gasteiger partial charge < -0.3 is 15.8 Å². The van der Waals surface area contributed by atoms with Gasteiger partial charge >= 0.3 is 0 Å². The normalized spacial score (nSPS) is 10.4. The largest absolute Gasteiger partial charge is 0.447 e. The number of hydrogen-bond acceptors (Lipinski definition) is 5. The highest BCUT2D eigenvalue weighted by atomic mass is 32.1. The van der Waals surface area contributed by atoms with Crippen LogP contribution in [0.3, 0.4) is 0 Å². The summed E-state index contributed by atoms with van der Waals surface area (Å²) in [5.41, 5.74) is 8.72. The van der Waals surface area contributed by atoms with Gasteiger partial charge in [-0.25, -0.2) is 4.98 Å². The van der Waals surface area contributed by atoms with Crippen LogP contribution in [-0.2, 0) is 0 Å². The van der Waals surface area contributed by atoms with Gasteiger partial charge in [0.2, 0.25) is 0 Å². The van der Waals surface area contributed by atoms with Crippen molar-refractivity contribution in [1.29, 1.82) is 0 Å². The van der Waals surface area contributed by atoms with E-state index in [1.165, 1.54) is 11.3 Å². The number of aryl methyl sites for hydroxylation is 2. The van der Waals surface area contributed by atoms with Crippen LogP contribution in [0.4, 0.5) is 11.5 Å². The van der Waals surface area contributed by atoms with Crippen LogP contribution in [0.5, 0.6) is 10.8 Å². The fourth-order valence-corrected chi connectivity index (χ4v) is 2.95. The van der Waals surface area contributed by atoms with E-state index < -0.39 is 0 Å². The Morgan fingerprint density at radius 3 is 2.75 bits per heavy atom. The minimum absolute atomic E-state index is 0.217. The first kappa shape index (κ1) is 16.0. The molecule has 0 radical (unpaired) electrons. The molecule has 0 saturated carbocycles. The number of nitrogens with zero attached hydrogens (tertiary/aromatic N) is 1. The molecular weight excluding hydrogens is 322 g/mol. The highest BCUT2D eigenvalue weighted by Gasteiger charge is 2.11. The number of rotatable bonds is 4. The molecule has 3 rings (SSSR count). The zero-order valence-electron chi connectivity index (χ0n) is 13.4. The fourth-order valence-electron chi connectivity index (χ4n) is 2.18. The van der Waals surface area contributed by atoms with Crippen LogP contribution in [0.2, 0.25) is 0 Å². The predicted molar refractivity (Wildman–Crippen MR) is 96.9 cm³/mol. The Balaban J connectivity index is 1.75. The average molecular weight is 339 g/mol. The van der Waals surface area contributed by atoms with Crippen molar-refractivity contribution in [2.75, 3.05) is 11.1 Å². The minimum atomic E-state index is -0.302. The number of amides is 1. The van der Waals surface area contributed by atoms with E-state index in [-0.39, 0.29) is 11.7 Å². The first-order valence-corrected chi connectivity index (χ1v) is 8.27. The number of benzene rings is 1. The van der Waals surface area contributed by atoms with E-state index in [0.29, 0.717) is 17.0 Å². The number of carbonyl (C=O) groups excluding carboxylic acids is 1. The van der Waals surface area contributed by atoms with Gasteiger partial charge in [0.15, 0.2) is 5.06 Å². The highest BCUT2D eigenvalue weighted by molar-refractivity contribution is 7.12. The summed E-state index contributed by atoms with van der Waals surface area (Å²) in [5, 5.41) is 5.64. The van der Waals surface area contributed by atoms with Gasteiger partial charge in [0, 0.05) is 17.4 Å². The van der Waals surface area contributed by atoms with Crippen LogP contribution in [-0.4, -0.2) is 10.9 Å². The lowest BCUT2D eigenvalue weighted by Crippen LogP contribution is -2.15. The monoisotopic (exact) mass is 339 g/mol. The Labute approximate surface area is 144 Å². The molecule has 3 N–H and O–H groups in total. The van der Waals surface area contributed by atoms with Crippen LogP contribution < -0.4 is 15.8 Å².